The number of piperidine rings is 1. The monoisotopic (exact) mass is 403 g/mol. The van der Waals surface area contributed by atoms with Gasteiger partial charge in [-0.2, -0.15) is 0 Å². The summed E-state index contributed by atoms with van der Waals surface area (Å²) in [5, 5.41) is 10.2. The average molecular weight is 404 g/mol. The number of aliphatic hydroxyl groups excluding tert-OH is 1. The molecule has 0 amide bonds. The summed E-state index contributed by atoms with van der Waals surface area (Å²) in [6, 6.07) is 8.32. The van der Waals surface area contributed by atoms with Gasteiger partial charge in [0.1, 0.15) is 6.10 Å². The number of aryl methyl sites for hydroxylation is 1. The van der Waals surface area contributed by atoms with Crippen molar-refractivity contribution >= 4 is 11.8 Å². The van der Waals surface area contributed by atoms with Crippen LogP contribution in [0.4, 0.5) is 5.69 Å². The number of nitrogens with zero attached hydrogens (tertiary/aromatic N) is 1. The molecule has 1 fully saturated rings. The third-order valence-corrected chi connectivity index (χ3v) is 5.77. The van der Waals surface area contributed by atoms with Gasteiger partial charge in [-0.25, -0.2) is 0 Å². The largest absolute Gasteiger partial charge is 0.551 e. The molecule has 2 rings (SSSR count). The van der Waals surface area contributed by atoms with Crippen LogP contribution in [-0.2, 0) is 11.2 Å². The molecule has 0 saturated carbocycles. The second-order valence-corrected chi connectivity index (χ2v) is 8.65. The zero-order valence-electron chi connectivity index (χ0n) is 18.8. The summed E-state index contributed by atoms with van der Waals surface area (Å²) in [6.07, 6.45) is 15.6. The van der Waals surface area contributed by atoms with Crippen LogP contribution in [0, 0.1) is 0 Å². The fraction of sp³-hybridized carbons (Fsp3) is 0.720. The topological polar surface area (TPSA) is 46.7 Å². The first-order valence-corrected chi connectivity index (χ1v) is 12.0. The van der Waals surface area contributed by atoms with E-state index in [1.165, 1.54) is 76.2 Å². The molecule has 0 aromatic heterocycles. The molecular weight excluding hydrogens is 360 g/mol. The Labute approximate surface area is 178 Å². The Morgan fingerprint density at radius 2 is 1.72 bits per heavy atom. The minimum Gasteiger partial charge on any atom is -0.430 e. The van der Waals surface area contributed by atoms with Crippen LogP contribution in [0.1, 0.15) is 90.0 Å². The van der Waals surface area contributed by atoms with E-state index in [4.69, 9.17) is 4.74 Å². The minimum atomic E-state index is -0.0984. The summed E-state index contributed by atoms with van der Waals surface area (Å²) in [4.78, 5) is 5.43. The van der Waals surface area contributed by atoms with Crippen molar-refractivity contribution in [3.05, 3.63) is 29.8 Å². The van der Waals surface area contributed by atoms with Crippen LogP contribution in [0.15, 0.2) is 24.3 Å². The van der Waals surface area contributed by atoms with Gasteiger partial charge in [-0.15, -0.1) is 4.99 Å². The summed E-state index contributed by atoms with van der Waals surface area (Å²) in [5.74, 6) is 0. The maximum Gasteiger partial charge on any atom is 0.551 e. The molecule has 4 nitrogen and oxygen atoms in total. The zero-order chi connectivity index (χ0) is 20.7. The molecule has 1 aromatic carbocycles. The second kappa shape index (κ2) is 14.4. The maximum atomic E-state index is 10.2. The Bertz CT molecular complexity index is 582. The first-order chi connectivity index (χ1) is 14.2. The van der Waals surface area contributed by atoms with E-state index in [0.717, 1.165) is 31.7 Å². The number of hydrogen-bond acceptors (Lipinski definition) is 2. The van der Waals surface area contributed by atoms with Crippen molar-refractivity contribution in [1.29, 1.82) is 0 Å². The van der Waals surface area contributed by atoms with Gasteiger partial charge in [0.05, 0.1) is 0 Å². The van der Waals surface area contributed by atoms with Gasteiger partial charge in [-0.3, -0.25) is 4.90 Å². The van der Waals surface area contributed by atoms with Gasteiger partial charge in [-0.1, -0.05) is 70.4 Å². The molecule has 0 aliphatic carbocycles. The summed E-state index contributed by atoms with van der Waals surface area (Å²) >= 11 is 0. The second-order valence-electron chi connectivity index (χ2n) is 8.65. The van der Waals surface area contributed by atoms with Gasteiger partial charge >= 0.3 is 6.08 Å². The van der Waals surface area contributed by atoms with Crippen LogP contribution in [0.3, 0.4) is 0 Å². The molecule has 0 radical (unpaired) electrons. The summed E-state index contributed by atoms with van der Waals surface area (Å²) in [7, 11) is 0. The molecule has 164 valence electrons. The Balaban J connectivity index is 1.68. The van der Waals surface area contributed by atoms with Crippen molar-refractivity contribution in [3.63, 3.8) is 0 Å². The quantitative estimate of drug-likeness (QED) is 0.280. The molecule has 0 unspecified atom stereocenters. The number of unbranched alkanes of at least 4 members (excludes halogenated alkanes) is 7. The Kier molecular flexibility index (Phi) is 11.8. The first-order valence-electron chi connectivity index (χ1n) is 12.0. The highest BCUT2D eigenvalue weighted by Crippen LogP contribution is 2.13. The van der Waals surface area contributed by atoms with Crippen molar-refractivity contribution < 1.29 is 14.8 Å². The summed E-state index contributed by atoms with van der Waals surface area (Å²) in [5.41, 5.74) is 2.21. The zero-order valence-corrected chi connectivity index (χ0v) is 18.8. The number of benzene rings is 1. The lowest BCUT2D eigenvalue weighted by atomic mass is 10.0. The van der Waals surface area contributed by atoms with Crippen molar-refractivity contribution in [2.24, 2.45) is 0 Å². The summed E-state index contributed by atoms with van der Waals surface area (Å²) in [6.45, 7) is 7.43. The third-order valence-electron chi connectivity index (χ3n) is 5.77. The van der Waals surface area contributed by atoms with Crippen molar-refractivity contribution in [1.82, 2.24) is 4.90 Å². The molecule has 4 heteroatoms. The van der Waals surface area contributed by atoms with Gasteiger partial charge in [0.2, 0.25) is 5.69 Å². The lowest BCUT2D eigenvalue weighted by Gasteiger charge is -2.28. The van der Waals surface area contributed by atoms with E-state index in [1.54, 1.807) is 0 Å². The lowest BCUT2D eigenvalue weighted by Crippen LogP contribution is -2.67. The Morgan fingerprint density at radius 3 is 2.45 bits per heavy atom. The normalized spacial score (nSPS) is 16.7. The van der Waals surface area contributed by atoms with Crippen molar-refractivity contribution in [3.8, 4) is 0 Å². The lowest BCUT2D eigenvalue weighted by molar-refractivity contribution is -0.383. The van der Waals surface area contributed by atoms with E-state index >= 15 is 0 Å². The molecule has 0 bridgehead atoms. The highest BCUT2D eigenvalue weighted by atomic mass is 16.6. The highest BCUT2D eigenvalue weighted by Gasteiger charge is 2.17. The minimum absolute atomic E-state index is 0.0268. The number of hydrogen-bond donors (Lipinski definition) is 2. The smallest absolute Gasteiger partial charge is 0.430 e. The predicted molar refractivity (Wildman–Crippen MR) is 122 cm³/mol. The molecule has 1 aliphatic heterocycles. The summed E-state index contributed by atoms with van der Waals surface area (Å²) < 4.78 is 5.67. The predicted octanol–water partition coefficient (Wildman–Crippen LogP) is 4.89. The van der Waals surface area contributed by atoms with Crippen molar-refractivity contribution in [2.75, 3.05) is 19.6 Å². The van der Waals surface area contributed by atoms with E-state index in [0.29, 0.717) is 0 Å². The van der Waals surface area contributed by atoms with Crippen LogP contribution < -0.4 is 4.99 Å². The molecule has 1 atom stereocenters. The molecule has 1 aromatic rings. The molecular formula is C25H43N2O2+. The molecule has 29 heavy (non-hydrogen) atoms. The van der Waals surface area contributed by atoms with Crippen molar-refractivity contribution in [2.45, 2.75) is 97.0 Å². The standard InChI is InChI=1S/C25H42N2O2/c1-3-4-5-6-7-8-9-11-15-23-16-14-17-24(20-23)26-25(28)29-22(2)21-27-18-12-10-13-19-27/h14,16-17,20,22H,3-13,15,18-19,21H2,1-2H3,(H,26,28)/p+1/t22-/m1/s1. The third kappa shape index (κ3) is 10.7. The highest BCUT2D eigenvalue weighted by molar-refractivity contribution is 5.59. The average Bonchev–Trinajstić information content (AvgIpc) is 2.71. The molecule has 1 saturated heterocycles. The van der Waals surface area contributed by atoms with E-state index in [-0.39, 0.29) is 12.2 Å². The number of nitrogens with one attached hydrogen (secondary N) is 1. The van der Waals surface area contributed by atoms with Crippen LogP contribution in [-0.4, -0.2) is 41.8 Å². The fourth-order valence-electron chi connectivity index (χ4n) is 4.15. The molecule has 1 aliphatic rings. The number of aliphatic hydroxyl groups is 1. The molecule has 1 heterocycles. The number of ether oxygens (including phenoxy) is 1. The molecule has 2 N–H and O–H groups in total. The van der Waals surface area contributed by atoms with Gasteiger partial charge < -0.3 is 9.84 Å². The van der Waals surface area contributed by atoms with E-state index in [1.807, 2.05) is 19.1 Å². The van der Waals surface area contributed by atoms with Gasteiger partial charge in [0.25, 0.3) is 0 Å². The van der Waals surface area contributed by atoms with Crippen LogP contribution in [0.2, 0.25) is 0 Å². The van der Waals surface area contributed by atoms with Gasteiger partial charge in [0, 0.05) is 18.7 Å². The molecule has 0 spiro atoms. The maximum absolute atomic E-state index is 10.2. The fourth-order valence-corrected chi connectivity index (χ4v) is 4.15. The Hall–Kier alpha value is -1.55. The Morgan fingerprint density at radius 1 is 1.03 bits per heavy atom. The van der Waals surface area contributed by atoms with Gasteiger partial charge in [0.15, 0.2) is 0 Å². The van der Waals surface area contributed by atoms with Crippen LogP contribution in [0.5, 0.6) is 0 Å². The first kappa shape index (κ1) is 23.7. The van der Waals surface area contributed by atoms with E-state index < -0.39 is 0 Å². The number of rotatable bonds is 13. The van der Waals surface area contributed by atoms with E-state index in [2.05, 4.69) is 28.9 Å². The number of likely N-dealkylation sites (tertiary alicyclic amines) is 1. The van der Waals surface area contributed by atoms with E-state index in [9.17, 15) is 5.11 Å². The van der Waals surface area contributed by atoms with Crippen LogP contribution in [0.25, 0.3) is 0 Å². The van der Waals surface area contributed by atoms with Crippen LogP contribution >= 0.6 is 0 Å². The van der Waals surface area contributed by atoms with Gasteiger partial charge in [-0.05, 0) is 51.3 Å². The SMILES string of the molecule is CCCCCCCCCCc1cccc([NH+]=C(O)O[C@H](C)CN2CCCCC2)c1.